The Labute approximate surface area is 142 Å². The van der Waals surface area contributed by atoms with Crippen LogP contribution in [0.25, 0.3) is 11.0 Å². The minimum Gasteiger partial charge on any atom is -0.459 e. The lowest BCUT2D eigenvalue weighted by molar-refractivity contribution is 0.376. The standard InChI is InChI=1S/C16H21N3O.HI/c1-11(18-16(17-2)19-13-7-5-8-13)15-10-12-6-3-4-9-14(12)20-15;/h3-4,6,9-11,13H,5,7-8H2,1-2H3,(H2,17,18,19);1H. The van der Waals surface area contributed by atoms with Gasteiger partial charge >= 0.3 is 0 Å². The van der Waals surface area contributed by atoms with Gasteiger partial charge in [-0.15, -0.1) is 24.0 Å². The predicted molar refractivity (Wildman–Crippen MR) is 97.3 cm³/mol. The highest BCUT2D eigenvalue weighted by Crippen LogP contribution is 2.23. The molecule has 1 saturated carbocycles. The van der Waals surface area contributed by atoms with E-state index in [-0.39, 0.29) is 30.0 Å². The van der Waals surface area contributed by atoms with E-state index in [0.29, 0.717) is 6.04 Å². The van der Waals surface area contributed by atoms with E-state index >= 15 is 0 Å². The number of hydrogen-bond acceptors (Lipinski definition) is 2. The molecule has 1 aromatic carbocycles. The molecule has 1 heterocycles. The molecule has 5 heteroatoms. The molecule has 0 saturated heterocycles. The number of guanidine groups is 1. The zero-order valence-electron chi connectivity index (χ0n) is 12.4. The van der Waals surface area contributed by atoms with E-state index in [1.165, 1.54) is 19.3 Å². The molecule has 0 amide bonds. The molecule has 0 bridgehead atoms. The summed E-state index contributed by atoms with van der Waals surface area (Å²) in [4.78, 5) is 4.28. The molecule has 0 aliphatic heterocycles. The second-order valence-electron chi connectivity index (χ2n) is 5.40. The summed E-state index contributed by atoms with van der Waals surface area (Å²) in [6.45, 7) is 2.09. The number of para-hydroxylation sites is 1. The lowest BCUT2D eigenvalue weighted by Gasteiger charge is -2.29. The molecule has 4 nitrogen and oxygen atoms in total. The summed E-state index contributed by atoms with van der Waals surface area (Å²) < 4.78 is 5.88. The van der Waals surface area contributed by atoms with Crippen LogP contribution in [0.1, 0.15) is 38.0 Å². The highest BCUT2D eigenvalue weighted by Gasteiger charge is 2.20. The van der Waals surface area contributed by atoms with Crippen molar-refractivity contribution in [1.29, 1.82) is 0 Å². The normalized spacial score (nSPS) is 17.0. The Morgan fingerprint density at radius 2 is 2.10 bits per heavy atom. The maximum Gasteiger partial charge on any atom is 0.191 e. The van der Waals surface area contributed by atoms with Crippen molar-refractivity contribution in [2.75, 3.05) is 7.05 Å². The molecule has 1 aliphatic rings. The number of aliphatic imine (C=N–C) groups is 1. The van der Waals surface area contributed by atoms with Crippen molar-refractivity contribution in [3.63, 3.8) is 0 Å². The van der Waals surface area contributed by atoms with Gasteiger partial charge in [-0.3, -0.25) is 4.99 Å². The zero-order chi connectivity index (χ0) is 13.9. The first-order chi connectivity index (χ1) is 9.76. The molecular weight excluding hydrogens is 377 g/mol. The molecule has 0 radical (unpaired) electrons. The summed E-state index contributed by atoms with van der Waals surface area (Å²) in [7, 11) is 1.80. The van der Waals surface area contributed by atoms with Crippen molar-refractivity contribution in [2.45, 2.75) is 38.3 Å². The summed E-state index contributed by atoms with van der Waals surface area (Å²) in [5.41, 5.74) is 0.929. The Kier molecular flexibility index (Phi) is 5.50. The van der Waals surface area contributed by atoms with E-state index in [9.17, 15) is 0 Å². The van der Waals surface area contributed by atoms with Crippen LogP contribution >= 0.6 is 24.0 Å². The summed E-state index contributed by atoms with van der Waals surface area (Å²) in [5.74, 6) is 1.78. The van der Waals surface area contributed by atoms with Crippen molar-refractivity contribution in [3.05, 3.63) is 36.1 Å². The monoisotopic (exact) mass is 399 g/mol. The first-order valence-electron chi connectivity index (χ1n) is 7.24. The van der Waals surface area contributed by atoms with Gasteiger partial charge in [0, 0.05) is 18.5 Å². The van der Waals surface area contributed by atoms with Gasteiger partial charge in [0.15, 0.2) is 5.96 Å². The number of rotatable bonds is 3. The number of fused-ring (bicyclic) bond motifs is 1. The van der Waals surface area contributed by atoms with Crippen molar-refractivity contribution < 1.29 is 4.42 Å². The van der Waals surface area contributed by atoms with Crippen LogP contribution in [0.5, 0.6) is 0 Å². The molecule has 1 unspecified atom stereocenters. The average molecular weight is 399 g/mol. The lowest BCUT2D eigenvalue weighted by Crippen LogP contribution is -2.46. The molecule has 1 atom stereocenters. The molecule has 21 heavy (non-hydrogen) atoms. The van der Waals surface area contributed by atoms with E-state index in [2.05, 4.69) is 34.7 Å². The predicted octanol–water partition coefficient (Wildman–Crippen LogP) is 3.83. The molecule has 2 N–H and O–H groups in total. The Balaban J connectivity index is 0.00000161. The van der Waals surface area contributed by atoms with Crippen LogP contribution in [0.15, 0.2) is 39.7 Å². The number of hydrogen-bond donors (Lipinski definition) is 2. The van der Waals surface area contributed by atoms with Gasteiger partial charge in [0.2, 0.25) is 0 Å². The third-order valence-corrected chi connectivity index (χ3v) is 3.89. The van der Waals surface area contributed by atoms with Gasteiger partial charge in [0.05, 0.1) is 6.04 Å². The lowest BCUT2D eigenvalue weighted by atomic mass is 9.93. The highest BCUT2D eigenvalue weighted by molar-refractivity contribution is 14.0. The van der Waals surface area contributed by atoms with Gasteiger partial charge in [-0.05, 0) is 38.3 Å². The average Bonchev–Trinajstić information content (AvgIpc) is 2.85. The van der Waals surface area contributed by atoms with Crippen LogP contribution < -0.4 is 10.6 Å². The fourth-order valence-corrected chi connectivity index (χ4v) is 2.41. The number of nitrogens with one attached hydrogen (secondary N) is 2. The minimum absolute atomic E-state index is 0. The highest BCUT2D eigenvalue weighted by atomic mass is 127. The van der Waals surface area contributed by atoms with Crippen LogP contribution in [0, 0.1) is 0 Å². The third kappa shape index (κ3) is 3.70. The van der Waals surface area contributed by atoms with Crippen molar-refractivity contribution >= 4 is 40.9 Å². The maximum atomic E-state index is 5.88. The van der Waals surface area contributed by atoms with Crippen molar-refractivity contribution in [1.82, 2.24) is 10.6 Å². The Morgan fingerprint density at radius 3 is 2.71 bits per heavy atom. The first kappa shape index (κ1) is 16.1. The van der Waals surface area contributed by atoms with Gasteiger partial charge in [0.25, 0.3) is 0 Å². The first-order valence-corrected chi connectivity index (χ1v) is 7.24. The second kappa shape index (κ2) is 7.15. The molecule has 1 aliphatic carbocycles. The molecule has 1 aromatic heterocycles. The van der Waals surface area contributed by atoms with E-state index < -0.39 is 0 Å². The Bertz CT molecular complexity index is 586. The number of furan rings is 1. The van der Waals surface area contributed by atoms with Gasteiger partial charge in [0.1, 0.15) is 11.3 Å². The topological polar surface area (TPSA) is 49.6 Å². The van der Waals surface area contributed by atoms with Gasteiger partial charge in [-0.2, -0.15) is 0 Å². The van der Waals surface area contributed by atoms with E-state index in [0.717, 1.165) is 22.7 Å². The molecule has 3 rings (SSSR count). The zero-order valence-corrected chi connectivity index (χ0v) is 14.8. The quantitative estimate of drug-likeness (QED) is 0.469. The van der Waals surface area contributed by atoms with Gasteiger partial charge < -0.3 is 15.1 Å². The van der Waals surface area contributed by atoms with E-state index in [1.54, 1.807) is 7.05 Å². The van der Waals surface area contributed by atoms with Crippen molar-refractivity contribution in [2.24, 2.45) is 4.99 Å². The largest absolute Gasteiger partial charge is 0.459 e. The van der Waals surface area contributed by atoms with Crippen LogP contribution in [-0.2, 0) is 0 Å². The summed E-state index contributed by atoms with van der Waals surface area (Å²) >= 11 is 0. The van der Waals surface area contributed by atoms with Crippen LogP contribution in [0.2, 0.25) is 0 Å². The molecule has 1 fully saturated rings. The fraction of sp³-hybridized carbons (Fsp3) is 0.438. The Hall–Kier alpha value is -1.24. The molecular formula is C16H22IN3O. The van der Waals surface area contributed by atoms with E-state index in [1.807, 2.05) is 18.2 Å². The minimum atomic E-state index is 0. The smallest absolute Gasteiger partial charge is 0.191 e. The number of nitrogens with zero attached hydrogens (tertiary/aromatic N) is 1. The third-order valence-electron chi connectivity index (χ3n) is 3.89. The Morgan fingerprint density at radius 1 is 1.33 bits per heavy atom. The second-order valence-corrected chi connectivity index (χ2v) is 5.40. The summed E-state index contributed by atoms with van der Waals surface area (Å²) in [6, 6.07) is 10.8. The summed E-state index contributed by atoms with van der Waals surface area (Å²) in [6.07, 6.45) is 3.78. The summed E-state index contributed by atoms with van der Waals surface area (Å²) in [5, 5.41) is 7.96. The molecule has 0 spiro atoms. The van der Waals surface area contributed by atoms with Crippen LogP contribution in [0.3, 0.4) is 0 Å². The molecule has 2 aromatic rings. The number of benzene rings is 1. The molecule has 114 valence electrons. The van der Waals surface area contributed by atoms with E-state index in [4.69, 9.17) is 4.42 Å². The van der Waals surface area contributed by atoms with Gasteiger partial charge in [-0.1, -0.05) is 18.2 Å². The number of halogens is 1. The fourth-order valence-electron chi connectivity index (χ4n) is 2.41. The SMILES string of the molecule is CN=C(NC1CCC1)NC(C)c1cc2ccccc2o1.I. The van der Waals surface area contributed by atoms with Crippen molar-refractivity contribution in [3.8, 4) is 0 Å². The van der Waals surface area contributed by atoms with Gasteiger partial charge in [-0.25, -0.2) is 0 Å². The maximum absolute atomic E-state index is 5.88. The van der Waals surface area contributed by atoms with Crippen LogP contribution in [0.4, 0.5) is 0 Å². The van der Waals surface area contributed by atoms with Crippen LogP contribution in [-0.4, -0.2) is 19.0 Å².